The standard InChI is InChI=1S/C21H27N3O3/c1-3-24(14-16-7-5-4-6-8-16)21(26)18-11-9-17(10-12-18)20(25)22-19-13-15(2)27-23-19/h4-8,13,17-18H,3,9-12,14H2,1-2H3,(H,22,23,25). The van der Waals surface area contributed by atoms with E-state index in [9.17, 15) is 9.59 Å². The van der Waals surface area contributed by atoms with Gasteiger partial charge in [0.25, 0.3) is 0 Å². The topological polar surface area (TPSA) is 75.4 Å². The molecule has 1 N–H and O–H groups in total. The molecule has 2 amide bonds. The molecular formula is C21H27N3O3. The van der Waals surface area contributed by atoms with Crippen molar-refractivity contribution < 1.29 is 14.1 Å². The van der Waals surface area contributed by atoms with Crippen molar-refractivity contribution in [2.75, 3.05) is 11.9 Å². The normalized spacial score (nSPS) is 19.5. The van der Waals surface area contributed by atoms with Gasteiger partial charge in [-0.3, -0.25) is 9.59 Å². The number of aromatic nitrogens is 1. The van der Waals surface area contributed by atoms with E-state index in [4.69, 9.17) is 4.52 Å². The van der Waals surface area contributed by atoms with Crippen LogP contribution in [0.15, 0.2) is 40.9 Å². The number of nitrogens with one attached hydrogen (secondary N) is 1. The summed E-state index contributed by atoms with van der Waals surface area (Å²) < 4.78 is 4.97. The monoisotopic (exact) mass is 369 g/mol. The van der Waals surface area contributed by atoms with E-state index in [1.807, 2.05) is 42.2 Å². The second-order valence-electron chi connectivity index (χ2n) is 7.20. The molecule has 6 heteroatoms. The van der Waals surface area contributed by atoms with Crippen molar-refractivity contribution in [2.45, 2.75) is 46.1 Å². The Bertz CT molecular complexity index is 764. The minimum atomic E-state index is -0.0738. The second-order valence-corrected chi connectivity index (χ2v) is 7.20. The van der Waals surface area contributed by atoms with Gasteiger partial charge in [0.2, 0.25) is 11.8 Å². The maximum atomic E-state index is 12.9. The van der Waals surface area contributed by atoms with Gasteiger partial charge in [-0.15, -0.1) is 0 Å². The molecular weight excluding hydrogens is 342 g/mol. The summed E-state index contributed by atoms with van der Waals surface area (Å²) in [6.45, 7) is 5.13. The molecule has 1 heterocycles. The van der Waals surface area contributed by atoms with E-state index in [1.54, 1.807) is 13.0 Å². The molecule has 1 aliphatic carbocycles. The van der Waals surface area contributed by atoms with Gasteiger partial charge in [0, 0.05) is 31.0 Å². The van der Waals surface area contributed by atoms with Crippen molar-refractivity contribution in [3.63, 3.8) is 0 Å². The fourth-order valence-corrected chi connectivity index (χ4v) is 3.66. The maximum absolute atomic E-state index is 12.9. The van der Waals surface area contributed by atoms with Gasteiger partial charge in [0.1, 0.15) is 5.76 Å². The minimum absolute atomic E-state index is 0.00649. The van der Waals surface area contributed by atoms with Crippen molar-refractivity contribution >= 4 is 17.6 Å². The highest BCUT2D eigenvalue weighted by molar-refractivity contribution is 5.91. The lowest BCUT2D eigenvalue weighted by Gasteiger charge is -2.31. The molecule has 1 fully saturated rings. The van der Waals surface area contributed by atoms with Gasteiger partial charge >= 0.3 is 0 Å². The van der Waals surface area contributed by atoms with E-state index in [1.165, 1.54) is 0 Å². The van der Waals surface area contributed by atoms with Crippen molar-refractivity contribution in [1.82, 2.24) is 10.1 Å². The van der Waals surface area contributed by atoms with Gasteiger partial charge in [-0.2, -0.15) is 0 Å². The van der Waals surface area contributed by atoms with Gasteiger partial charge in [-0.25, -0.2) is 0 Å². The Hall–Kier alpha value is -2.63. The van der Waals surface area contributed by atoms with Gasteiger partial charge in [0.15, 0.2) is 5.82 Å². The zero-order valence-corrected chi connectivity index (χ0v) is 16.0. The predicted octanol–water partition coefficient (Wildman–Crippen LogP) is 3.78. The third kappa shape index (κ3) is 4.96. The van der Waals surface area contributed by atoms with E-state index in [0.29, 0.717) is 24.7 Å². The summed E-state index contributed by atoms with van der Waals surface area (Å²) in [5, 5.41) is 6.60. The predicted molar refractivity (Wildman–Crippen MR) is 103 cm³/mol. The third-order valence-corrected chi connectivity index (χ3v) is 5.24. The van der Waals surface area contributed by atoms with E-state index >= 15 is 0 Å². The molecule has 1 saturated carbocycles. The molecule has 0 unspecified atom stereocenters. The van der Waals surface area contributed by atoms with Crippen LogP contribution in [-0.2, 0) is 16.1 Å². The Morgan fingerprint density at radius 1 is 1.15 bits per heavy atom. The SMILES string of the molecule is CCN(Cc1ccccc1)C(=O)C1CCC(C(=O)Nc2cc(C)on2)CC1. The molecule has 6 nitrogen and oxygen atoms in total. The van der Waals surface area contributed by atoms with Crippen LogP contribution in [0.25, 0.3) is 0 Å². The summed E-state index contributed by atoms with van der Waals surface area (Å²) in [5.41, 5.74) is 1.14. The quantitative estimate of drug-likeness (QED) is 0.841. The Morgan fingerprint density at radius 3 is 2.41 bits per heavy atom. The van der Waals surface area contributed by atoms with E-state index in [2.05, 4.69) is 10.5 Å². The number of hydrogen-bond acceptors (Lipinski definition) is 4. The number of carbonyl (C=O) groups excluding carboxylic acids is 2. The first-order chi connectivity index (χ1) is 13.1. The summed E-state index contributed by atoms with van der Waals surface area (Å²) >= 11 is 0. The first-order valence-corrected chi connectivity index (χ1v) is 9.63. The van der Waals surface area contributed by atoms with Crippen molar-refractivity contribution in [2.24, 2.45) is 11.8 Å². The lowest BCUT2D eigenvalue weighted by molar-refractivity contribution is -0.138. The lowest BCUT2D eigenvalue weighted by Crippen LogP contribution is -2.38. The molecule has 0 saturated heterocycles. The highest BCUT2D eigenvalue weighted by Crippen LogP contribution is 2.31. The molecule has 3 rings (SSSR count). The molecule has 2 aromatic rings. The van der Waals surface area contributed by atoms with Crippen LogP contribution in [0.2, 0.25) is 0 Å². The summed E-state index contributed by atoms with van der Waals surface area (Å²) in [6.07, 6.45) is 2.95. The van der Waals surface area contributed by atoms with Gasteiger partial charge in [0.05, 0.1) is 0 Å². The van der Waals surface area contributed by atoms with Crippen molar-refractivity contribution in [3.8, 4) is 0 Å². The Kier molecular flexibility index (Phi) is 6.27. The number of amides is 2. The van der Waals surface area contributed by atoms with Crippen LogP contribution in [-0.4, -0.2) is 28.4 Å². The van der Waals surface area contributed by atoms with Crippen molar-refractivity contribution in [3.05, 3.63) is 47.7 Å². The Morgan fingerprint density at radius 2 is 1.81 bits per heavy atom. The number of benzene rings is 1. The molecule has 0 radical (unpaired) electrons. The number of nitrogens with zero attached hydrogens (tertiary/aromatic N) is 2. The largest absolute Gasteiger partial charge is 0.360 e. The Balaban J connectivity index is 1.51. The van der Waals surface area contributed by atoms with E-state index in [0.717, 1.165) is 31.2 Å². The summed E-state index contributed by atoms with van der Waals surface area (Å²) in [4.78, 5) is 27.2. The molecule has 1 aliphatic rings. The number of anilines is 1. The molecule has 144 valence electrons. The number of hydrogen-bond donors (Lipinski definition) is 1. The first kappa shape index (κ1) is 19.1. The van der Waals surface area contributed by atoms with Crippen LogP contribution in [0.4, 0.5) is 5.82 Å². The number of aryl methyl sites for hydroxylation is 1. The zero-order valence-electron chi connectivity index (χ0n) is 16.0. The third-order valence-electron chi connectivity index (χ3n) is 5.24. The molecule has 0 bridgehead atoms. The summed E-state index contributed by atoms with van der Waals surface area (Å²) in [6, 6.07) is 11.8. The van der Waals surface area contributed by atoms with Crippen LogP contribution in [0.5, 0.6) is 0 Å². The number of carbonyl (C=O) groups is 2. The molecule has 0 aliphatic heterocycles. The fourth-order valence-electron chi connectivity index (χ4n) is 3.66. The van der Waals surface area contributed by atoms with Crippen LogP contribution in [0.3, 0.4) is 0 Å². The van der Waals surface area contributed by atoms with Gasteiger partial charge < -0.3 is 14.7 Å². The zero-order chi connectivity index (χ0) is 19.2. The minimum Gasteiger partial charge on any atom is -0.360 e. The fraction of sp³-hybridized carbons (Fsp3) is 0.476. The lowest BCUT2D eigenvalue weighted by atomic mass is 9.81. The van der Waals surface area contributed by atoms with Crippen LogP contribution < -0.4 is 5.32 Å². The number of rotatable bonds is 6. The molecule has 0 spiro atoms. The average molecular weight is 369 g/mol. The Labute approximate surface area is 159 Å². The second kappa shape index (κ2) is 8.84. The van der Waals surface area contributed by atoms with Crippen molar-refractivity contribution in [1.29, 1.82) is 0 Å². The van der Waals surface area contributed by atoms with Gasteiger partial charge in [-0.05, 0) is 45.1 Å². The average Bonchev–Trinajstić information content (AvgIpc) is 3.11. The summed E-state index contributed by atoms with van der Waals surface area (Å²) in [5.74, 6) is 1.22. The van der Waals surface area contributed by atoms with E-state index in [-0.39, 0.29) is 23.7 Å². The maximum Gasteiger partial charge on any atom is 0.228 e. The van der Waals surface area contributed by atoms with Crippen LogP contribution in [0.1, 0.15) is 43.9 Å². The molecule has 27 heavy (non-hydrogen) atoms. The van der Waals surface area contributed by atoms with E-state index < -0.39 is 0 Å². The highest BCUT2D eigenvalue weighted by Gasteiger charge is 2.32. The molecule has 1 aromatic carbocycles. The molecule has 0 atom stereocenters. The summed E-state index contributed by atoms with van der Waals surface area (Å²) in [7, 11) is 0. The highest BCUT2D eigenvalue weighted by atomic mass is 16.5. The molecule has 1 aromatic heterocycles. The van der Waals surface area contributed by atoms with Gasteiger partial charge in [-0.1, -0.05) is 35.5 Å². The first-order valence-electron chi connectivity index (χ1n) is 9.63. The smallest absolute Gasteiger partial charge is 0.228 e. The van der Waals surface area contributed by atoms with Crippen LogP contribution in [0, 0.1) is 18.8 Å². The van der Waals surface area contributed by atoms with Crippen LogP contribution >= 0.6 is 0 Å².